The molecule has 0 bridgehead atoms. The highest BCUT2D eigenvalue weighted by atomic mass is 79.9. The summed E-state index contributed by atoms with van der Waals surface area (Å²) >= 11 is 3.18. The fraction of sp³-hybridized carbons (Fsp3) is 0.267. The fourth-order valence-corrected chi connectivity index (χ4v) is 2.18. The van der Waals surface area contributed by atoms with E-state index in [-0.39, 0.29) is 5.91 Å². The molecule has 4 heteroatoms. The number of benzene rings is 1. The van der Waals surface area contributed by atoms with Crippen LogP contribution < -0.4 is 5.32 Å². The average Bonchev–Trinajstić information content (AvgIpc) is 2.86. The lowest BCUT2D eigenvalue weighted by Gasteiger charge is -2.11. The second-order valence-electron chi connectivity index (χ2n) is 4.46. The Bertz CT molecular complexity index is 536. The Morgan fingerprint density at radius 2 is 2.00 bits per heavy atom. The number of hydrogen-bond acceptors (Lipinski definition) is 2. The Kier molecular flexibility index (Phi) is 4.80. The topological polar surface area (TPSA) is 42.2 Å². The molecular weight excluding hydrogens is 306 g/mol. The highest BCUT2D eigenvalue weighted by Gasteiger charge is 2.10. The molecule has 1 aromatic heterocycles. The van der Waals surface area contributed by atoms with Crippen LogP contribution in [0.3, 0.4) is 0 Å². The van der Waals surface area contributed by atoms with Crippen molar-refractivity contribution in [2.24, 2.45) is 0 Å². The molecule has 1 atom stereocenters. The summed E-state index contributed by atoms with van der Waals surface area (Å²) in [6.07, 6.45) is 0.900. The van der Waals surface area contributed by atoms with Crippen molar-refractivity contribution in [3.8, 4) is 0 Å². The lowest BCUT2D eigenvalue weighted by atomic mass is 9.98. The van der Waals surface area contributed by atoms with E-state index < -0.39 is 0 Å². The van der Waals surface area contributed by atoms with Gasteiger partial charge in [-0.3, -0.25) is 4.79 Å². The summed E-state index contributed by atoms with van der Waals surface area (Å²) in [6.45, 7) is 2.79. The Labute approximate surface area is 121 Å². The minimum atomic E-state index is -0.175. The average molecular weight is 322 g/mol. The maximum absolute atomic E-state index is 11.8. The van der Waals surface area contributed by atoms with Crippen molar-refractivity contribution in [1.82, 2.24) is 5.32 Å². The first-order valence-corrected chi connectivity index (χ1v) is 7.04. The van der Waals surface area contributed by atoms with E-state index in [2.05, 4.69) is 40.3 Å². The summed E-state index contributed by atoms with van der Waals surface area (Å²) in [5.41, 5.74) is 1.29. The Morgan fingerprint density at radius 1 is 1.26 bits per heavy atom. The monoisotopic (exact) mass is 321 g/mol. The highest BCUT2D eigenvalue weighted by molar-refractivity contribution is 9.10. The van der Waals surface area contributed by atoms with E-state index >= 15 is 0 Å². The number of hydrogen-bond donors (Lipinski definition) is 1. The molecule has 0 radical (unpaired) electrons. The van der Waals surface area contributed by atoms with E-state index in [1.54, 1.807) is 12.1 Å². The predicted octanol–water partition coefficient (Wildman–Crippen LogP) is 3.97. The van der Waals surface area contributed by atoms with Gasteiger partial charge >= 0.3 is 0 Å². The minimum absolute atomic E-state index is 0.175. The van der Waals surface area contributed by atoms with Gasteiger partial charge in [-0.05, 0) is 46.0 Å². The van der Waals surface area contributed by atoms with Gasteiger partial charge in [0.15, 0.2) is 10.4 Å². The largest absolute Gasteiger partial charge is 0.444 e. The van der Waals surface area contributed by atoms with E-state index in [0.29, 0.717) is 22.9 Å². The van der Waals surface area contributed by atoms with Crippen molar-refractivity contribution in [1.29, 1.82) is 0 Å². The van der Waals surface area contributed by atoms with Gasteiger partial charge in [0.25, 0.3) is 5.91 Å². The van der Waals surface area contributed by atoms with Crippen LogP contribution >= 0.6 is 15.9 Å². The van der Waals surface area contributed by atoms with E-state index in [4.69, 9.17) is 4.42 Å². The first-order chi connectivity index (χ1) is 9.16. The second kappa shape index (κ2) is 6.57. The molecule has 100 valence electrons. The second-order valence-corrected chi connectivity index (χ2v) is 5.24. The smallest absolute Gasteiger partial charge is 0.287 e. The van der Waals surface area contributed by atoms with Crippen LogP contribution in [0.25, 0.3) is 0 Å². The van der Waals surface area contributed by atoms with Crippen LogP contribution in [0.1, 0.15) is 35.4 Å². The molecule has 1 N–H and O–H groups in total. The quantitative estimate of drug-likeness (QED) is 0.905. The molecule has 1 aromatic carbocycles. The van der Waals surface area contributed by atoms with Gasteiger partial charge in [0.2, 0.25) is 0 Å². The Morgan fingerprint density at radius 3 is 2.63 bits per heavy atom. The molecule has 1 heterocycles. The molecule has 2 aromatic rings. The molecule has 0 saturated carbocycles. The van der Waals surface area contributed by atoms with Crippen LogP contribution in [0.15, 0.2) is 51.6 Å². The Hall–Kier alpha value is -1.55. The SMILES string of the molecule is CC(CCNC(=O)c1ccc(Br)o1)c1ccccc1. The maximum atomic E-state index is 11.8. The zero-order chi connectivity index (χ0) is 13.7. The van der Waals surface area contributed by atoms with Crippen molar-refractivity contribution < 1.29 is 9.21 Å². The van der Waals surface area contributed by atoms with Crippen molar-refractivity contribution in [3.05, 3.63) is 58.5 Å². The molecular formula is C15H16BrNO2. The molecule has 1 unspecified atom stereocenters. The van der Waals surface area contributed by atoms with Gasteiger partial charge in [0.05, 0.1) is 0 Å². The third-order valence-corrected chi connectivity index (χ3v) is 3.45. The number of rotatable bonds is 5. The van der Waals surface area contributed by atoms with E-state index in [1.807, 2.05) is 18.2 Å². The minimum Gasteiger partial charge on any atom is -0.444 e. The number of carbonyl (C=O) groups excluding carboxylic acids is 1. The molecule has 1 amide bonds. The molecule has 0 spiro atoms. The van der Waals surface area contributed by atoms with Crippen LogP contribution in [0.4, 0.5) is 0 Å². The first-order valence-electron chi connectivity index (χ1n) is 6.25. The van der Waals surface area contributed by atoms with Crippen LogP contribution in [-0.4, -0.2) is 12.5 Å². The third kappa shape index (κ3) is 3.96. The zero-order valence-corrected chi connectivity index (χ0v) is 12.3. The molecule has 3 nitrogen and oxygen atoms in total. The summed E-state index contributed by atoms with van der Waals surface area (Å²) in [7, 11) is 0. The van der Waals surface area contributed by atoms with Gasteiger partial charge in [0.1, 0.15) is 0 Å². The third-order valence-electron chi connectivity index (χ3n) is 3.03. The molecule has 2 rings (SSSR count). The van der Waals surface area contributed by atoms with Gasteiger partial charge in [-0.25, -0.2) is 0 Å². The van der Waals surface area contributed by atoms with Gasteiger partial charge in [0, 0.05) is 6.54 Å². The zero-order valence-electron chi connectivity index (χ0n) is 10.7. The fourth-order valence-electron chi connectivity index (χ4n) is 1.87. The van der Waals surface area contributed by atoms with E-state index in [0.717, 1.165) is 6.42 Å². The Balaban J connectivity index is 1.79. The first kappa shape index (κ1) is 13.9. The summed E-state index contributed by atoms with van der Waals surface area (Å²) in [4.78, 5) is 11.8. The van der Waals surface area contributed by atoms with Crippen LogP contribution in [0.2, 0.25) is 0 Å². The predicted molar refractivity (Wildman–Crippen MR) is 78.2 cm³/mol. The van der Waals surface area contributed by atoms with E-state index in [9.17, 15) is 4.79 Å². The van der Waals surface area contributed by atoms with Gasteiger partial charge in [-0.2, -0.15) is 0 Å². The molecule has 0 saturated heterocycles. The number of amides is 1. The van der Waals surface area contributed by atoms with Gasteiger partial charge in [-0.15, -0.1) is 0 Å². The number of carbonyl (C=O) groups is 1. The van der Waals surface area contributed by atoms with Crippen molar-refractivity contribution in [2.75, 3.05) is 6.54 Å². The molecule has 0 aliphatic carbocycles. The number of nitrogens with one attached hydrogen (secondary N) is 1. The lowest BCUT2D eigenvalue weighted by molar-refractivity contribution is 0.0923. The summed E-state index contributed by atoms with van der Waals surface area (Å²) in [5.74, 6) is 0.579. The van der Waals surface area contributed by atoms with Gasteiger partial charge < -0.3 is 9.73 Å². The number of halogens is 1. The van der Waals surface area contributed by atoms with Gasteiger partial charge in [-0.1, -0.05) is 37.3 Å². The molecule has 0 fully saturated rings. The molecule has 0 aliphatic rings. The van der Waals surface area contributed by atoms with Crippen molar-refractivity contribution in [3.63, 3.8) is 0 Å². The molecule has 0 aliphatic heterocycles. The van der Waals surface area contributed by atoms with Crippen LogP contribution in [-0.2, 0) is 0 Å². The normalized spacial score (nSPS) is 12.1. The maximum Gasteiger partial charge on any atom is 0.287 e. The van der Waals surface area contributed by atoms with Crippen molar-refractivity contribution in [2.45, 2.75) is 19.3 Å². The number of furan rings is 1. The van der Waals surface area contributed by atoms with Crippen LogP contribution in [0.5, 0.6) is 0 Å². The standard InChI is InChI=1S/C15H16BrNO2/c1-11(12-5-3-2-4-6-12)9-10-17-15(18)13-7-8-14(16)19-13/h2-8,11H,9-10H2,1H3,(H,17,18). The van der Waals surface area contributed by atoms with Crippen molar-refractivity contribution >= 4 is 21.8 Å². The lowest BCUT2D eigenvalue weighted by Crippen LogP contribution is -2.24. The highest BCUT2D eigenvalue weighted by Crippen LogP contribution is 2.18. The summed E-state index contributed by atoms with van der Waals surface area (Å²) in [6, 6.07) is 13.6. The summed E-state index contributed by atoms with van der Waals surface area (Å²) in [5, 5.41) is 2.86. The van der Waals surface area contributed by atoms with E-state index in [1.165, 1.54) is 5.56 Å². The summed E-state index contributed by atoms with van der Waals surface area (Å²) < 4.78 is 5.76. The van der Waals surface area contributed by atoms with Crippen LogP contribution in [0, 0.1) is 0 Å². The molecule has 19 heavy (non-hydrogen) atoms.